The zero-order valence-electron chi connectivity index (χ0n) is 16.0. The van der Waals surface area contributed by atoms with Crippen LogP contribution in [0.25, 0.3) is 11.0 Å². The predicted octanol–water partition coefficient (Wildman–Crippen LogP) is 4.19. The second-order valence-corrected chi connectivity index (χ2v) is 6.79. The lowest BCUT2D eigenvalue weighted by Crippen LogP contribution is -2.26. The average Bonchev–Trinajstić information content (AvgIpc) is 2.73. The molecule has 1 atom stereocenters. The van der Waals surface area contributed by atoms with Gasteiger partial charge < -0.3 is 19.6 Å². The maximum absolute atomic E-state index is 12.9. The van der Waals surface area contributed by atoms with Crippen molar-refractivity contribution in [2.24, 2.45) is 5.73 Å². The smallest absolute Gasteiger partial charge is 0.344 e. The van der Waals surface area contributed by atoms with E-state index in [1.54, 1.807) is 18.2 Å². The Labute approximate surface area is 167 Å². The molecule has 1 aromatic heterocycles. The van der Waals surface area contributed by atoms with E-state index in [2.05, 4.69) is 13.0 Å². The maximum atomic E-state index is 12.9. The normalized spacial score (nSPS) is 15.5. The SMILES string of the molecule is CCCCOc1ccccc1C1C(C#N)=C(N)Oc2c1c(=O)oc1ccccc21. The van der Waals surface area contributed by atoms with Crippen molar-refractivity contribution in [3.8, 4) is 17.6 Å². The fraction of sp³-hybridized carbons (Fsp3) is 0.217. The van der Waals surface area contributed by atoms with Crippen molar-refractivity contribution in [3.05, 3.63) is 81.5 Å². The second kappa shape index (κ2) is 7.72. The summed E-state index contributed by atoms with van der Waals surface area (Å²) in [4.78, 5) is 12.9. The molecule has 0 bridgehead atoms. The summed E-state index contributed by atoms with van der Waals surface area (Å²) in [6.45, 7) is 2.62. The van der Waals surface area contributed by atoms with E-state index in [0.717, 1.165) is 12.8 Å². The second-order valence-electron chi connectivity index (χ2n) is 6.79. The topological polar surface area (TPSA) is 98.5 Å². The van der Waals surface area contributed by atoms with Gasteiger partial charge in [-0.3, -0.25) is 0 Å². The molecule has 0 radical (unpaired) electrons. The molecule has 2 N–H and O–H groups in total. The van der Waals surface area contributed by atoms with Crippen molar-refractivity contribution in [2.75, 3.05) is 6.61 Å². The predicted molar refractivity (Wildman–Crippen MR) is 109 cm³/mol. The zero-order valence-corrected chi connectivity index (χ0v) is 16.0. The van der Waals surface area contributed by atoms with Gasteiger partial charge in [0.2, 0.25) is 5.88 Å². The number of fused-ring (bicyclic) bond motifs is 3. The Morgan fingerprint density at radius 3 is 2.72 bits per heavy atom. The molecule has 146 valence electrons. The highest BCUT2D eigenvalue weighted by Crippen LogP contribution is 2.45. The number of para-hydroxylation sites is 2. The summed E-state index contributed by atoms with van der Waals surface area (Å²) >= 11 is 0. The van der Waals surface area contributed by atoms with Gasteiger partial charge in [-0.15, -0.1) is 0 Å². The standard InChI is InChI=1S/C23H20N2O4/c1-2-3-12-27-17-10-6-4-8-14(17)19-16(13-24)22(25)29-21-15-9-5-7-11-18(15)28-23(26)20(19)21/h4-11,19H,2-3,12,25H2,1H3. The largest absolute Gasteiger partial charge is 0.493 e. The van der Waals surface area contributed by atoms with Gasteiger partial charge in [-0.2, -0.15) is 5.26 Å². The molecule has 2 aromatic carbocycles. The van der Waals surface area contributed by atoms with Crippen LogP contribution >= 0.6 is 0 Å². The van der Waals surface area contributed by atoms with E-state index in [9.17, 15) is 10.1 Å². The lowest BCUT2D eigenvalue weighted by molar-refractivity contribution is 0.305. The molecule has 3 aromatic rings. The molecule has 1 aliphatic heterocycles. The molecule has 6 heteroatoms. The molecule has 0 spiro atoms. The Morgan fingerprint density at radius 1 is 1.17 bits per heavy atom. The fourth-order valence-electron chi connectivity index (χ4n) is 3.55. The number of hydrogen-bond donors (Lipinski definition) is 1. The highest BCUT2D eigenvalue weighted by molar-refractivity contribution is 5.86. The molecule has 2 heterocycles. The van der Waals surface area contributed by atoms with Crippen LogP contribution in [0.3, 0.4) is 0 Å². The molecular weight excluding hydrogens is 368 g/mol. The van der Waals surface area contributed by atoms with Crippen LogP contribution in [-0.4, -0.2) is 6.61 Å². The molecule has 0 saturated carbocycles. The van der Waals surface area contributed by atoms with E-state index in [1.807, 2.05) is 30.3 Å². The number of ether oxygens (including phenoxy) is 2. The number of benzene rings is 2. The van der Waals surface area contributed by atoms with Gasteiger partial charge in [0, 0.05) is 5.56 Å². The maximum Gasteiger partial charge on any atom is 0.344 e. The van der Waals surface area contributed by atoms with E-state index < -0.39 is 11.5 Å². The Hall–Kier alpha value is -3.72. The van der Waals surface area contributed by atoms with Crippen molar-refractivity contribution >= 4 is 11.0 Å². The first-order valence-corrected chi connectivity index (χ1v) is 9.50. The number of hydrogen-bond acceptors (Lipinski definition) is 6. The van der Waals surface area contributed by atoms with Crippen molar-refractivity contribution in [1.82, 2.24) is 0 Å². The van der Waals surface area contributed by atoms with Gasteiger partial charge in [0.15, 0.2) is 5.75 Å². The first kappa shape index (κ1) is 18.6. The fourth-order valence-corrected chi connectivity index (χ4v) is 3.55. The summed E-state index contributed by atoms with van der Waals surface area (Å²) in [7, 11) is 0. The lowest BCUT2D eigenvalue weighted by Gasteiger charge is -2.27. The Morgan fingerprint density at radius 2 is 1.93 bits per heavy atom. The van der Waals surface area contributed by atoms with Crippen LogP contribution in [0.5, 0.6) is 11.5 Å². The summed E-state index contributed by atoms with van der Waals surface area (Å²) in [6, 6.07) is 16.5. The number of allylic oxidation sites excluding steroid dienone is 1. The Kier molecular flexibility index (Phi) is 4.96. The van der Waals surface area contributed by atoms with Gasteiger partial charge in [-0.25, -0.2) is 4.79 Å². The highest BCUT2D eigenvalue weighted by atomic mass is 16.5. The lowest BCUT2D eigenvalue weighted by atomic mass is 9.83. The van der Waals surface area contributed by atoms with E-state index in [0.29, 0.717) is 34.6 Å². The molecular formula is C23H20N2O4. The summed E-state index contributed by atoms with van der Waals surface area (Å²) in [6.07, 6.45) is 1.89. The van der Waals surface area contributed by atoms with Gasteiger partial charge >= 0.3 is 5.63 Å². The summed E-state index contributed by atoms with van der Waals surface area (Å²) < 4.78 is 17.2. The molecule has 6 nitrogen and oxygen atoms in total. The average molecular weight is 388 g/mol. The first-order chi connectivity index (χ1) is 14.2. The molecule has 4 rings (SSSR count). The number of nitrogens with two attached hydrogens (primary N) is 1. The number of nitrogens with zero attached hydrogens (tertiary/aromatic N) is 1. The third-order valence-electron chi connectivity index (χ3n) is 4.96. The van der Waals surface area contributed by atoms with E-state index in [4.69, 9.17) is 19.6 Å². The number of unbranched alkanes of at least 4 members (excludes halogenated alkanes) is 1. The minimum absolute atomic E-state index is 0.0240. The van der Waals surface area contributed by atoms with Crippen LogP contribution in [0.4, 0.5) is 0 Å². The summed E-state index contributed by atoms with van der Waals surface area (Å²) in [5, 5.41) is 10.4. The van der Waals surface area contributed by atoms with Gasteiger partial charge in [0.1, 0.15) is 23.0 Å². The van der Waals surface area contributed by atoms with Crippen LogP contribution < -0.4 is 20.8 Å². The number of nitriles is 1. The van der Waals surface area contributed by atoms with Gasteiger partial charge in [0.05, 0.1) is 23.5 Å². The third kappa shape index (κ3) is 3.21. The van der Waals surface area contributed by atoms with Crippen LogP contribution in [0.1, 0.15) is 36.8 Å². The highest BCUT2D eigenvalue weighted by Gasteiger charge is 2.36. The van der Waals surface area contributed by atoms with E-state index in [1.165, 1.54) is 0 Å². The summed E-state index contributed by atoms with van der Waals surface area (Å²) in [5.41, 5.74) is 7.03. The molecule has 29 heavy (non-hydrogen) atoms. The molecule has 0 amide bonds. The van der Waals surface area contributed by atoms with Crippen molar-refractivity contribution < 1.29 is 13.9 Å². The van der Waals surface area contributed by atoms with Gasteiger partial charge in [0.25, 0.3) is 0 Å². The van der Waals surface area contributed by atoms with Gasteiger partial charge in [-0.1, -0.05) is 43.7 Å². The Balaban J connectivity index is 1.97. The van der Waals surface area contributed by atoms with Crippen LogP contribution in [0.2, 0.25) is 0 Å². The van der Waals surface area contributed by atoms with Crippen LogP contribution in [0.15, 0.2) is 69.2 Å². The van der Waals surface area contributed by atoms with Crippen LogP contribution in [-0.2, 0) is 0 Å². The minimum Gasteiger partial charge on any atom is -0.493 e. The monoisotopic (exact) mass is 388 g/mol. The minimum atomic E-state index is -0.734. The summed E-state index contributed by atoms with van der Waals surface area (Å²) in [5.74, 6) is 0.167. The molecule has 0 fully saturated rings. The molecule has 1 unspecified atom stereocenters. The van der Waals surface area contributed by atoms with Crippen molar-refractivity contribution in [1.29, 1.82) is 5.26 Å². The first-order valence-electron chi connectivity index (χ1n) is 9.50. The Bertz CT molecular complexity index is 1200. The number of rotatable bonds is 5. The van der Waals surface area contributed by atoms with Crippen molar-refractivity contribution in [3.63, 3.8) is 0 Å². The quantitative estimate of drug-likeness (QED) is 0.520. The van der Waals surface area contributed by atoms with Crippen LogP contribution in [0, 0.1) is 11.3 Å². The van der Waals surface area contributed by atoms with E-state index >= 15 is 0 Å². The van der Waals surface area contributed by atoms with E-state index in [-0.39, 0.29) is 17.0 Å². The molecule has 0 aliphatic carbocycles. The van der Waals surface area contributed by atoms with Crippen molar-refractivity contribution in [2.45, 2.75) is 25.7 Å². The molecule has 1 aliphatic rings. The zero-order chi connectivity index (χ0) is 20.4. The molecule has 0 saturated heterocycles. The third-order valence-corrected chi connectivity index (χ3v) is 4.96. The van der Waals surface area contributed by atoms with Gasteiger partial charge in [-0.05, 0) is 24.6 Å².